The second-order valence-corrected chi connectivity index (χ2v) is 6.88. The molecular formula is C18H21IN2O2. The van der Waals surface area contributed by atoms with Crippen LogP contribution in [0.25, 0.3) is 0 Å². The minimum Gasteiger partial charge on any atom is -0.496 e. The van der Waals surface area contributed by atoms with Gasteiger partial charge in [0.1, 0.15) is 5.75 Å². The number of benzene rings is 1. The van der Waals surface area contributed by atoms with Gasteiger partial charge in [-0.2, -0.15) is 5.10 Å². The zero-order valence-electron chi connectivity index (χ0n) is 13.6. The molecule has 1 aliphatic rings. The first-order valence-electron chi connectivity index (χ1n) is 7.45. The molecule has 4 nitrogen and oxygen atoms in total. The van der Waals surface area contributed by atoms with Crippen LogP contribution in [-0.4, -0.2) is 18.7 Å². The predicted molar refractivity (Wildman–Crippen MR) is 102 cm³/mol. The molecule has 1 atom stereocenters. The molecule has 1 aliphatic carbocycles. The van der Waals surface area contributed by atoms with Crippen molar-refractivity contribution in [1.82, 2.24) is 5.43 Å². The normalized spacial score (nSPS) is 19.2. The van der Waals surface area contributed by atoms with E-state index in [1.54, 1.807) is 25.3 Å². The summed E-state index contributed by atoms with van der Waals surface area (Å²) in [4.78, 5) is 12.3. The fourth-order valence-electron chi connectivity index (χ4n) is 2.41. The Labute approximate surface area is 150 Å². The van der Waals surface area contributed by atoms with Crippen molar-refractivity contribution in [2.24, 2.45) is 11.0 Å². The van der Waals surface area contributed by atoms with Crippen LogP contribution in [0.15, 0.2) is 47.1 Å². The fourth-order valence-corrected chi connectivity index (χ4v) is 3.15. The van der Waals surface area contributed by atoms with Crippen LogP contribution < -0.4 is 10.2 Å². The molecule has 0 aromatic heterocycles. The Hall–Kier alpha value is -1.63. The molecule has 1 N–H and O–H groups in total. The lowest BCUT2D eigenvalue weighted by molar-refractivity contribution is 0.0954. The van der Waals surface area contributed by atoms with Crippen molar-refractivity contribution in [2.75, 3.05) is 7.11 Å². The summed E-state index contributed by atoms with van der Waals surface area (Å²) in [7, 11) is 1.61. The highest BCUT2D eigenvalue weighted by molar-refractivity contribution is 14.1. The number of carbonyl (C=O) groups is 1. The molecular weight excluding hydrogens is 403 g/mol. The Bertz CT molecular complexity index is 692. The quantitative estimate of drug-likeness (QED) is 0.445. The zero-order chi connectivity index (χ0) is 17.0. The number of nitrogens with one attached hydrogen (secondary N) is 1. The summed E-state index contributed by atoms with van der Waals surface area (Å²) in [5.74, 6) is 0.934. The maximum atomic E-state index is 12.3. The molecule has 0 saturated heterocycles. The second-order valence-electron chi connectivity index (χ2n) is 5.72. The number of carbonyl (C=O) groups excluding carboxylic acids is 1. The first-order valence-corrected chi connectivity index (χ1v) is 8.53. The molecule has 0 spiro atoms. The lowest BCUT2D eigenvalue weighted by Gasteiger charge is -2.22. The maximum absolute atomic E-state index is 12.3. The van der Waals surface area contributed by atoms with Gasteiger partial charge in [0.05, 0.1) is 16.4 Å². The molecule has 2 rings (SSSR count). The molecule has 23 heavy (non-hydrogen) atoms. The third-order valence-corrected chi connectivity index (χ3v) is 4.85. The largest absolute Gasteiger partial charge is 0.496 e. The van der Waals surface area contributed by atoms with Crippen LogP contribution in [0.5, 0.6) is 5.75 Å². The second kappa shape index (κ2) is 7.77. The molecule has 1 amide bonds. The first-order chi connectivity index (χ1) is 10.9. The minimum atomic E-state index is -0.219. The highest BCUT2D eigenvalue weighted by Crippen LogP contribution is 2.26. The first kappa shape index (κ1) is 17.7. The Balaban J connectivity index is 2.11. The van der Waals surface area contributed by atoms with Gasteiger partial charge in [-0.05, 0) is 79.0 Å². The van der Waals surface area contributed by atoms with E-state index in [0.29, 0.717) is 11.5 Å². The number of allylic oxidation sites excluding steroid dienone is 3. The van der Waals surface area contributed by atoms with Gasteiger partial charge in [0.15, 0.2) is 0 Å². The minimum absolute atomic E-state index is 0.219. The van der Waals surface area contributed by atoms with Crippen LogP contribution in [0.1, 0.15) is 37.0 Å². The number of halogens is 1. The summed E-state index contributed by atoms with van der Waals surface area (Å²) in [6.45, 7) is 8.08. The van der Waals surface area contributed by atoms with Crippen LogP contribution in [0.3, 0.4) is 0 Å². The van der Waals surface area contributed by atoms with E-state index in [9.17, 15) is 4.79 Å². The highest BCUT2D eigenvalue weighted by atomic mass is 127. The van der Waals surface area contributed by atoms with Crippen molar-refractivity contribution < 1.29 is 9.53 Å². The third kappa shape index (κ3) is 4.43. The number of methoxy groups -OCH3 is 1. The van der Waals surface area contributed by atoms with Crippen molar-refractivity contribution in [1.29, 1.82) is 0 Å². The van der Waals surface area contributed by atoms with Crippen LogP contribution in [0.2, 0.25) is 0 Å². The number of ether oxygens (including phenoxy) is 1. The van der Waals surface area contributed by atoms with Gasteiger partial charge in [-0.15, -0.1) is 0 Å². The monoisotopic (exact) mass is 424 g/mol. The summed E-state index contributed by atoms with van der Waals surface area (Å²) in [5, 5.41) is 4.32. The van der Waals surface area contributed by atoms with E-state index in [1.165, 1.54) is 0 Å². The number of hydrogen-bond acceptors (Lipinski definition) is 3. The average molecular weight is 424 g/mol. The smallest absolute Gasteiger partial charge is 0.271 e. The van der Waals surface area contributed by atoms with E-state index in [0.717, 1.165) is 39.0 Å². The zero-order valence-corrected chi connectivity index (χ0v) is 15.8. The van der Waals surface area contributed by atoms with Crippen molar-refractivity contribution in [3.8, 4) is 5.75 Å². The molecule has 0 heterocycles. The number of amides is 1. The summed E-state index contributed by atoms with van der Waals surface area (Å²) >= 11 is 2.14. The van der Waals surface area contributed by atoms with Gasteiger partial charge >= 0.3 is 0 Å². The Kier molecular flexibility index (Phi) is 5.98. The van der Waals surface area contributed by atoms with E-state index in [-0.39, 0.29) is 5.91 Å². The summed E-state index contributed by atoms with van der Waals surface area (Å²) in [5.41, 5.74) is 6.41. The Morgan fingerprint density at radius 1 is 1.48 bits per heavy atom. The molecule has 0 aliphatic heterocycles. The lowest BCUT2D eigenvalue weighted by atomic mass is 9.85. The third-order valence-electron chi connectivity index (χ3n) is 4.01. The summed E-state index contributed by atoms with van der Waals surface area (Å²) in [6.07, 6.45) is 3.97. The van der Waals surface area contributed by atoms with E-state index in [2.05, 4.69) is 45.8 Å². The molecule has 1 aromatic carbocycles. The Morgan fingerprint density at radius 3 is 2.83 bits per heavy atom. The van der Waals surface area contributed by atoms with Gasteiger partial charge in [-0.1, -0.05) is 18.2 Å². The highest BCUT2D eigenvalue weighted by Gasteiger charge is 2.19. The van der Waals surface area contributed by atoms with Gasteiger partial charge < -0.3 is 4.74 Å². The van der Waals surface area contributed by atoms with Crippen LogP contribution in [0.4, 0.5) is 0 Å². The van der Waals surface area contributed by atoms with Crippen LogP contribution in [-0.2, 0) is 0 Å². The predicted octanol–water partition coefficient (Wildman–Crippen LogP) is 4.32. The van der Waals surface area contributed by atoms with Gasteiger partial charge in [0, 0.05) is 5.56 Å². The van der Waals surface area contributed by atoms with E-state index < -0.39 is 0 Å². The Morgan fingerprint density at radius 2 is 2.22 bits per heavy atom. The molecule has 122 valence electrons. The molecule has 5 heteroatoms. The standard InChI is InChI=1S/C18H21IN2O2/c1-11(2)13-6-5-12(3)16(10-13)20-21-18(22)14-7-8-17(23-4)15(19)9-14/h5,7-9,13H,1,6,10H2,2-4H3,(H,21,22)/t13-/m1/s1. The number of hydrogen-bond donors (Lipinski definition) is 1. The van der Waals surface area contributed by atoms with Gasteiger partial charge in [0.2, 0.25) is 0 Å². The molecule has 0 saturated carbocycles. The van der Waals surface area contributed by atoms with Gasteiger partial charge in [-0.25, -0.2) is 5.43 Å². The maximum Gasteiger partial charge on any atom is 0.271 e. The van der Waals surface area contributed by atoms with E-state index in [1.807, 2.05) is 13.8 Å². The number of hydrazone groups is 1. The van der Waals surface area contributed by atoms with Crippen molar-refractivity contribution >= 4 is 34.2 Å². The topological polar surface area (TPSA) is 50.7 Å². The summed E-state index contributed by atoms with van der Waals surface area (Å²) in [6, 6.07) is 5.30. The van der Waals surface area contributed by atoms with Gasteiger partial charge in [0.25, 0.3) is 5.91 Å². The van der Waals surface area contributed by atoms with Crippen molar-refractivity contribution in [2.45, 2.75) is 26.7 Å². The number of nitrogens with zero attached hydrogens (tertiary/aromatic N) is 1. The number of rotatable bonds is 4. The van der Waals surface area contributed by atoms with Crippen LogP contribution >= 0.6 is 22.6 Å². The summed E-state index contributed by atoms with van der Waals surface area (Å²) < 4.78 is 6.09. The lowest BCUT2D eigenvalue weighted by Crippen LogP contribution is -2.23. The molecule has 0 unspecified atom stereocenters. The van der Waals surface area contributed by atoms with Crippen LogP contribution in [0, 0.1) is 9.49 Å². The average Bonchev–Trinajstić information content (AvgIpc) is 2.53. The molecule has 0 fully saturated rings. The molecule has 1 aromatic rings. The van der Waals surface area contributed by atoms with E-state index in [4.69, 9.17) is 4.74 Å². The molecule has 0 bridgehead atoms. The van der Waals surface area contributed by atoms with Gasteiger partial charge in [-0.3, -0.25) is 4.79 Å². The SMILES string of the molecule is C=C(C)[C@@H]1CC=C(C)C(=NNC(=O)c2ccc(OC)c(I)c2)C1. The van der Waals surface area contributed by atoms with E-state index >= 15 is 0 Å². The van der Waals surface area contributed by atoms with Crippen molar-refractivity contribution in [3.63, 3.8) is 0 Å². The fraction of sp³-hybridized carbons (Fsp3) is 0.333. The van der Waals surface area contributed by atoms with Crippen molar-refractivity contribution in [3.05, 3.63) is 51.1 Å². The molecule has 0 radical (unpaired) electrons.